The SMILES string of the molecule is COc1cc(/C=C/C(=O)c2ccccc2O)cc(OC)c1C(C)C. The van der Waals surface area contributed by atoms with Crippen LogP contribution >= 0.6 is 0 Å². The Balaban J connectivity index is 2.36. The van der Waals surface area contributed by atoms with Crippen molar-refractivity contribution in [2.45, 2.75) is 19.8 Å². The average Bonchev–Trinajstić information content (AvgIpc) is 2.58. The number of carbonyl (C=O) groups is 1. The monoisotopic (exact) mass is 326 g/mol. The first-order chi connectivity index (χ1) is 11.5. The molecule has 126 valence electrons. The second kappa shape index (κ2) is 7.68. The summed E-state index contributed by atoms with van der Waals surface area (Å²) in [6.07, 6.45) is 3.11. The maximum atomic E-state index is 12.2. The summed E-state index contributed by atoms with van der Waals surface area (Å²) in [5.41, 5.74) is 2.05. The van der Waals surface area contributed by atoms with Crippen molar-refractivity contribution in [2.75, 3.05) is 14.2 Å². The van der Waals surface area contributed by atoms with E-state index in [1.165, 1.54) is 12.1 Å². The number of benzene rings is 2. The topological polar surface area (TPSA) is 55.8 Å². The van der Waals surface area contributed by atoms with E-state index in [-0.39, 0.29) is 23.0 Å². The third-order valence-electron chi connectivity index (χ3n) is 3.74. The highest BCUT2D eigenvalue weighted by Gasteiger charge is 2.15. The minimum atomic E-state index is -0.265. The Bertz CT molecular complexity index is 735. The molecule has 0 spiro atoms. The first-order valence-corrected chi connectivity index (χ1v) is 7.74. The third kappa shape index (κ3) is 3.77. The van der Waals surface area contributed by atoms with Crippen LogP contribution in [0.15, 0.2) is 42.5 Å². The molecule has 0 saturated heterocycles. The van der Waals surface area contributed by atoms with Crippen LogP contribution in [0.25, 0.3) is 6.08 Å². The summed E-state index contributed by atoms with van der Waals surface area (Å²) in [6, 6.07) is 10.2. The molecule has 1 N–H and O–H groups in total. The molecule has 0 aliphatic heterocycles. The highest BCUT2D eigenvalue weighted by molar-refractivity contribution is 6.08. The number of ether oxygens (including phenoxy) is 2. The third-order valence-corrected chi connectivity index (χ3v) is 3.74. The van der Waals surface area contributed by atoms with Gasteiger partial charge in [0.25, 0.3) is 0 Å². The first kappa shape index (κ1) is 17.6. The minimum absolute atomic E-state index is 0.0301. The van der Waals surface area contributed by atoms with E-state index in [4.69, 9.17) is 9.47 Å². The number of aromatic hydroxyl groups is 1. The molecule has 0 amide bonds. The number of ketones is 1. The Hall–Kier alpha value is -2.75. The van der Waals surface area contributed by atoms with Gasteiger partial charge in [0.1, 0.15) is 17.2 Å². The van der Waals surface area contributed by atoms with Gasteiger partial charge in [-0.15, -0.1) is 0 Å². The van der Waals surface area contributed by atoms with Crippen molar-refractivity contribution in [1.82, 2.24) is 0 Å². The molecular formula is C20H22O4. The molecule has 0 unspecified atom stereocenters. The Kier molecular flexibility index (Phi) is 5.64. The number of methoxy groups -OCH3 is 2. The number of rotatable bonds is 6. The van der Waals surface area contributed by atoms with Gasteiger partial charge in [-0.2, -0.15) is 0 Å². The highest BCUT2D eigenvalue weighted by atomic mass is 16.5. The van der Waals surface area contributed by atoms with Crippen molar-refractivity contribution >= 4 is 11.9 Å². The molecule has 0 aromatic heterocycles. The molecule has 0 atom stereocenters. The van der Waals surface area contributed by atoms with Crippen LogP contribution in [0.1, 0.15) is 41.3 Å². The Morgan fingerprint density at radius 1 is 1.08 bits per heavy atom. The maximum Gasteiger partial charge on any atom is 0.189 e. The lowest BCUT2D eigenvalue weighted by Crippen LogP contribution is -2.00. The van der Waals surface area contributed by atoms with Gasteiger partial charge in [-0.25, -0.2) is 0 Å². The van der Waals surface area contributed by atoms with Crippen molar-refractivity contribution in [1.29, 1.82) is 0 Å². The van der Waals surface area contributed by atoms with Crippen LogP contribution in [0.3, 0.4) is 0 Å². The van der Waals surface area contributed by atoms with Crippen LogP contribution < -0.4 is 9.47 Å². The van der Waals surface area contributed by atoms with Gasteiger partial charge >= 0.3 is 0 Å². The van der Waals surface area contributed by atoms with Crippen molar-refractivity contribution in [3.63, 3.8) is 0 Å². The Morgan fingerprint density at radius 2 is 1.67 bits per heavy atom. The predicted molar refractivity (Wildman–Crippen MR) is 95.1 cm³/mol. The molecule has 0 radical (unpaired) electrons. The number of allylic oxidation sites excluding steroid dienone is 1. The van der Waals surface area contributed by atoms with E-state index < -0.39 is 0 Å². The summed E-state index contributed by atoms with van der Waals surface area (Å²) in [4.78, 5) is 12.2. The minimum Gasteiger partial charge on any atom is -0.507 e. The van der Waals surface area contributed by atoms with Crippen LogP contribution in [0.2, 0.25) is 0 Å². The summed E-state index contributed by atoms with van der Waals surface area (Å²) in [7, 11) is 3.22. The lowest BCUT2D eigenvalue weighted by Gasteiger charge is -2.17. The molecule has 24 heavy (non-hydrogen) atoms. The number of hydrogen-bond acceptors (Lipinski definition) is 4. The molecule has 2 rings (SSSR count). The maximum absolute atomic E-state index is 12.2. The van der Waals surface area contributed by atoms with E-state index in [1.54, 1.807) is 38.5 Å². The van der Waals surface area contributed by atoms with Gasteiger partial charge in [-0.3, -0.25) is 4.79 Å². The van der Waals surface area contributed by atoms with Crippen LogP contribution in [0.4, 0.5) is 0 Å². The fraction of sp³-hybridized carbons (Fsp3) is 0.250. The molecule has 4 nitrogen and oxygen atoms in total. The van der Waals surface area contributed by atoms with Gasteiger partial charge in [0, 0.05) is 5.56 Å². The lowest BCUT2D eigenvalue weighted by atomic mass is 9.98. The normalized spacial score (nSPS) is 11.0. The molecule has 2 aromatic rings. The molecular weight excluding hydrogens is 304 g/mol. The second-order valence-corrected chi connectivity index (χ2v) is 5.71. The number of phenols is 1. The number of carbonyl (C=O) groups excluding carboxylic acids is 1. The number of para-hydroxylation sites is 1. The fourth-order valence-electron chi connectivity index (χ4n) is 2.57. The smallest absolute Gasteiger partial charge is 0.189 e. The zero-order valence-corrected chi connectivity index (χ0v) is 14.4. The lowest BCUT2D eigenvalue weighted by molar-refractivity contribution is 0.104. The van der Waals surface area contributed by atoms with Crippen molar-refractivity contribution in [2.24, 2.45) is 0 Å². The molecule has 4 heteroatoms. The van der Waals surface area contributed by atoms with Gasteiger partial charge in [-0.05, 0) is 41.8 Å². The molecule has 0 saturated carbocycles. The van der Waals surface area contributed by atoms with Crippen molar-refractivity contribution in [3.05, 3.63) is 59.2 Å². The van der Waals surface area contributed by atoms with E-state index >= 15 is 0 Å². The molecule has 2 aromatic carbocycles. The number of phenolic OH excluding ortho intramolecular Hbond substituents is 1. The van der Waals surface area contributed by atoms with E-state index in [2.05, 4.69) is 13.8 Å². The molecule has 0 bridgehead atoms. The first-order valence-electron chi connectivity index (χ1n) is 7.74. The molecule has 0 heterocycles. The van der Waals surface area contributed by atoms with Crippen LogP contribution in [0.5, 0.6) is 17.2 Å². The largest absolute Gasteiger partial charge is 0.507 e. The summed E-state index contributed by atoms with van der Waals surface area (Å²) in [5.74, 6) is 1.39. The predicted octanol–water partition coefficient (Wildman–Crippen LogP) is 4.43. The molecule has 0 fully saturated rings. The zero-order valence-electron chi connectivity index (χ0n) is 14.4. The fourth-order valence-corrected chi connectivity index (χ4v) is 2.57. The molecule has 0 aliphatic rings. The van der Waals surface area contributed by atoms with Gasteiger partial charge in [-0.1, -0.05) is 32.1 Å². The van der Waals surface area contributed by atoms with E-state index in [0.29, 0.717) is 0 Å². The number of hydrogen-bond donors (Lipinski definition) is 1. The quantitative estimate of drug-likeness (QED) is 0.630. The van der Waals surface area contributed by atoms with E-state index in [0.717, 1.165) is 22.6 Å². The van der Waals surface area contributed by atoms with Crippen LogP contribution in [0, 0.1) is 0 Å². The van der Waals surface area contributed by atoms with E-state index in [9.17, 15) is 9.90 Å². The summed E-state index contributed by atoms with van der Waals surface area (Å²) in [6.45, 7) is 4.13. The molecule has 0 aliphatic carbocycles. The Morgan fingerprint density at radius 3 is 2.17 bits per heavy atom. The summed E-state index contributed by atoms with van der Waals surface area (Å²) < 4.78 is 10.9. The second-order valence-electron chi connectivity index (χ2n) is 5.71. The Labute approximate surface area is 142 Å². The summed E-state index contributed by atoms with van der Waals surface area (Å²) in [5, 5.41) is 9.75. The van der Waals surface area contributed by atoms with Gasteiger partial charge in [0.05, 0.1) is 19.8 Å². The van der Waals surface area contributed by atoms with Crippen LogP contribution in [-0.4, -0.2) is 25.1 Å². The van der Waals surface area contributed by atoms with Gasteiger partial charge < -0.3 is 14.6 Å². The van der Waals surface area contributed by atoms with Crippen LogP contribution in [-0.2, 0) is 0 Å². The van der Waals surface area contributed by atoms with Crippen molar-refractivity contribution < 1.29 is 19.4 Å². The van der Waals surface area contributed by atoms with Gasteiger partial charge in [0.15, 0.2) is 5.78 Å². The van der Waals surface area contributed by atoms with Gasteiger partial charge in [0.2, 0.25) is 0 Å². The highest BCUT2D eigenvalue weighted by Crippen LogP contribution is 2.36. The van der Waals surface area contributed by atoms with E-state index in [1.807, 2.05) is 12.1 Å². The average molecular weight is 326 g/mol. The van der Waals surface area contributed by atoms with Crippen molar-refractivity contribution in [3.8, 4) is 17.2 Å². The summed E-state index contributed by atoms with van der Waals surface area (Å²) >= 11 is 0. The zero-order chi connectivity index (χ0) is 17.7. The standard InChI is InChI=1S/C20H22O4/c1-13(2)20-18(23-3)11-14(12-19(20)24-4)9-10-17(22)15-7-5-6-8-16(15)21/h5-13,21H,1-4H3/b10-9+.